The summed E-state index contributed by atoms with van der Waals surface area (Å²) in [5.74, 6) is -0.722. The van der Waals surface area contributed by atoms with Gasteiger partial charge in [-0.15, -0.1) is 0 Å². The molecular weight excluding hydrogens is 268 g/mol. The molecule has 2 rings (SSSR count). The van der Waals surface area contributed by atoms with Crippen LogP contribution in [0.1, 0.15) is 11.1 Å². The average molecular weight is 280 g/mol. The number of carbonyl (C=O) groups is 1. The van der Waals surface area contributed by atoms with Crippen LogP contribution >= 0.6 is 0 Å². The van der Waals surface area contributed by atoms with E-state index in [9.17, 15) is 10.0 Å². The number of rotatable bonds is 3. The van der Waals surface area contributed by atoms with E-state index in [0.29, 0.717) is 15.9 Å². The first-order valence-corrected chi connectivity index (χ1v) is 6.15. The zero-order valence-corrected chi connectivity index (χ0v) is 11.3. The molecule has 0 amide bonds. The molecule has 0 aromatic heterocycles. The smallest absolute Gasteiger partial charge is 0.405 e. The molecule has 0 N–H and O–H groups in total. The maximum Gasteiger partial charge on any atom is 0.405 e. The first-order valence-electron chi connectivity index (χ1n) is 6.15. The Kier molecular flexibility index (Phi) is 4.32. The first-order chi connectivity index (χ1) is 10.2. The van der Waals surface area contributed by atoms with Crippen molar-refractivity contribution in [2.24, 2.45) is 0 Å². The number of nitriles is 1. The van der Waals surface area contributed by atoms with Crippen molar-refractivity contribution in [1.82, 2.24) is 0 Å². The Morgan fingerprint density at radius 2 is 1.76 bits per heavy atom. The van der Waals surface area contributed by atoms with Gasteiger partial charge in [-0.3, -0.25) is 0 Å². The molecule has 0 unspecified atom stereocenters. The van der Waals surface area contributed by atoms with Crippen molar-refractivity contribution in [2.75, 3.05) is 7.11 Å². The van der Waals surface area contributed by atoms with E-state index < -0.39 is 5.97 Å². The molecule has 0 bridgehead atoms. The maximum absolute atomic E-state index is 12.4. The predicted octanol–water partition coefficient (Wildman–Crippen LogP) is 2.36. The van der Waals surface area contributed by atoms with Crippen molar-refractivity contribution in [3.05, 3.63) is 70.9 Å². The second-order valence-electron chi connectivity index (χ2n) is 4.16. The van der Waals surface area contributed by atoms with E-state index in [1.807, 2.05) is 6.07 Å². The molecule has 0 spiro atoms. The number of ether oxygens (including phenoxy) is 1. The lowest BCUT2D eigenvalue weighted by Crippen LogP contribution is -2.25. The molecule has 0 atom stereocenters. The minimum Gasteiger partial charge on any atom is -0.618 e. The summed E-state index contributed by atoms with van der Waals surface area (Å²) in [6.07, 6.45) is 0. The van der Waals surface area contributed by atoms with Crippen molar-refractivity contribution in [2.45, 2.75) is 0 Å². The van der Waals surface area contributed by atoms with Crippen LogP contribution in [0.4, 0.5) is 5.69 Å². The van der Waals surface area contributed by atoms with E-state index >= 15 is 0 Å². The summed E-state index contributed by atoms with van der Waals surface area (Å²) < 4.78 is 5.19. The lowest BCUT2D eigenvalue weighted by Gasteiger charge is -2.09. The maximum atomic E-state index is 12.4. The third-order valence-corrected chi connectivity index (χ3v) is 2.86. The molecule has 0 saturated heterocycles. The average Bonchev–Trinajstić information content (AvgIpc) is 2.55. The predicted molar refractivity (Wildman–Crippen MR) is 77.0 cm³/mol. The number of methoxy groups -OCH3 is 1. The van der Waals surface area contributed by atoms with E-state index in [1.165, 1.54) is 31.4 Å². The van der Waals surface area contributed by atoms with Gasteiger partial charge in [0.05, 0.1) is 24.3 Å². The molecule has 0 radical (unpaired) electrons. The fraction of sp³-hybridized carbons (Fsp3) is 0.0625. The highest BCUT2D eigenvalue weighted by Gasteiger charge is 2.24. The number of benzene rings is 2. The van der Waals surface area contributed by atoms with Gasteiger partial charge in [-0.05, 0) is 24.3 Å². The molecular formula is C16H12N2O3. The van der Waals surface area contributed by atoms with E-state index in [1.54, 1.807) is 30.3 Å². The molecule has 5 heteroatoms. The van der Waals surface area contributed by atoms with Crippen LogP contribution in [0.15, 0.2) is 54.6 Å². The van der Waals surface area contributed by atoms with Gasteiger partial charge < -0.3 is 9.94 Å². The van der Waals surface area contributed by atoms with Crippen molar-refractivity contribution in [3.8, 4) is 6.07 Å². The Morgan fingerprint density at radius 3 is 2.29 bits per heavy atom. The third kappa shape index (κ3) is 3.07. The van der Waals surface area contributed by atoms with Crippen LogP contribution in [-0.2, 0) is 9.53 Å². The monoisotopic (exact) mass is 280 g/mol. The van der Waals surface area contributed by atoms with Crippen molar-refractivity contribution in [3.63, 3.8) is 0 Å². The lowest BCUT2D eigenvalue weighted by atomic mass is 10.1. The van der Waals surface area contributed by atoms with Crippen LogP contribution in [0, 0.1) is 16.5 Å². The zero-order chi connectivity index (χ0) is 15.2. The molecule has 0 saturated carbocycles. The fourth-order valence-electron chi connectivity index (χ4n) is 1.81. The molecule has 0 heterocycles. The Labute approximate surface area is 121 Å². The molecule has 0 aliphatic heterocycles. The van der Waals surface area contributed by atoms with E-state index in [4.69, 9.17) is 5.26 Å². The summed E-state index contributed by atoms with van der Waals surface area (Å²) >= 11 is 0. The van der Waals surface area contributed by atoms with Gasteiger partial charge in [0.1, 0.15) is 0 Å². The van der Waals surface area contributed by atoms with Crippen LogP contribution < -0.4 is 0 Å². The minimum absolute atomic E-state index is 0.109. The van der Waals surface area contributed by atoms with Crippen LogP contribution in [0.2, 0.25) is 0 Å². The summed E-state index contributed by atoms with van der Waals surface area (Å²) in [5, 5.41) is 21.2. The van der Waals surface area contributed by atoms with Gasteiger partial charge in [0, 0.05) is 12.1 Å². The van der Waals surface area contributed by atoms with E-state index in [2.05, 4.69) is 4.74 Å². The number of hydrogen-bond donors (Lipinski definition) is 0. The molecule has 2 aromatic carbocycles. The molecule has 0 fully saturated rings. The van der Waals surface area contributed by atoms with E-state index in [0.717, 1.165) is 0 Å². The first kappa shape index (κ1) is 14.3. The van der Waals surface area contributed by atoms with Crippen LogP contribution in [0.25, 0.3) is 0 Å². The highest BCUT2D eigenvalue weighted by atomic mass is 16.5. The Hall–Kier alpha value is -3.13. The van der Waals surface area contributed by atoms with Gasteiger partial charge in [0.15, 0.2) is 0 Å². The number of nitrogens with zero attached hydrogens (tertiary/aromatic N) is 2. The molecule has 0 aliphatic rings. The molecule has 21 heavy (non-hydrogen) atoms. The normalized spacial score (nSPS) is 11.2. The Bertz CT molecular complexity index is 713. The summed E-state index contributed by atoms with van der Waals surface area (Å²) in [5.41, 5.74) is 1.04. The van der Waals surface area contributed by atoms with Crippen LogP contribution in [0.5, 0.6) is 0 Å². The highest BCUT2D eigenvalue weighted by molar-refractivity contribution is 6.41. The van der Waals surface area contributed by atoms with Gasteiger partial charge in [0.2, 0.25) is 5.69 Å². The largest absolute Gasteiger partial charge is 0.618 e. The number of carbonyl (C=O) groups excluding carboxylic acids is 1. The molecule has 5 nitrogen and oxygen atoms in total. The van der Waals surface area contributed by atoms with Gasteiger partial charge in [-0.25, -0.2) is 4.79 Å². The molecule has 104 valence electrons. The summed E-state index contributed by atoms with van der Waals surface area (Å²) in [6.45, 7) is 0. The fourth-order valence-corrected chi connectivity index (χ4v) is 1.81. The Morgan fingerprint density at radius 1 is 1.14 bits per heavy atom. The van der Waals surface area contributed by atoms with Crippen molar-refractivity contribution in [1.29, 1.82) is 5.26 Å². The van der Waals surface area contributed by atoms with Gasteiger partial charge in [-0.2, -0.15) is 10.0 Å². The Balaban J connectivity index is 2.57. The number of esters is 1. The molecule has 0 aliphatic carbocycles. The SMILES string of the molecule is COC(=O)/C(c1ccccc1)=[N+](/[O-])c1ccc(C#N)cc1. The van der Waals surface area contributed by atoms with Crippen LogP contribution in [-0.4, -0.2) is 23.5 Å². The summed E-state index contributed by atoms with van der Waals surface area (Å²) in [7, 11) is 1.22. The van der Waals surface area contributed by atoms with Crippen LogP contribution in [0.3, 0.4) is 0 Å². The highest BCUT2D eigenvalue weighted by Crippen LogP contribution is 2.15. The quantitative estimate of drug-likeness (QED) is 0.284. The van der Waals surface area contributed by atoms with Crippen molar-refractivity contribution >= 4 is 17.4 Å². The zero-order valence-electron chi connectivity index (χ0n) is 11.3. The topological polar surface area (TPSA) is 76.2 Å². The van der Waals surface area contributed by atoms with Gasteiger partial charge >= 0.3 is 11.7 Å². The standard InChI is InChI=1S/C16H12N2O3/c1-21-16(19)15(13-5-3-2-4-6-13)18(20)14-9-7-12(11-17)8-10-14/h2-10H,1H3/b18-15+. The van der Waals surface area contributed by atoms with Crippen molar-refractivity contribution < 1.29 is 14.3 Å². The number of hydrogen-bond acceptors (Lipinski definition) is 4. The second-order valence-corrected chi connectivity index (χ2v) is 4.16. The molecule has 2 aromatic rings. The summed E-state index contributed by atoms with van der Waals surface area (Å²) in [6, 6.07) is 16.5. The van der Waals surface area contributed by atoms with E-state index in [-0.39, 0.29) is 11.4 Å². The third-order valence-electron chi connectivity index (χ3n) is 2.86. The lowest BCUT2D eigenvalue weighted by molar-refractivity contribution is -0.360. The van der Waals surface area contributed by atoms with Gasteiger partial charge in [-0.1, -0.05) is 18.2 Å². The second kappa shape index (κ2) is 6.35. The summed E-state index contributed by atoms with van der Waals surface area (Å²) in [4.78, 5) is 11.9. The minimum atomic E-state index is -0.722. The van der Waals surface area contributed by atoms with Gasteiger partial charge in [0.25, 0.3) is 0 Å².